The number of hydrogen-bond donors (Lipinski definition) is 2. The molecule has 9 heteroatoms. The van der Waals surface area contributed by atoms with E-state index in [0.29, 0.717) is 46.4 Å². The second kappa shape index (κ2) is 10.5. The fourth-order valence-corrected chi connectivity index (χ4v) is 4.62. The fourth-order valence-electron chi connectivity index (χ4n) is 4.14. The molecule has 2 heterocycles. The number of nitrogens with one attached hydrogen (secondary N) is 2. The zero-order valence-corrected chi connectivity index (χ0v) is 21.1. The molecule has 0 bridgehead atoms. The predicted octanol–water partition coefficient (Wildman–Crippen LogP) is 5.38. The summed E-state index contributed by atoms with van der Waals surface area (Å²) in [5, 5.41) is 7.07. The number of carbonyl (C=O) groups excluding carboxylic acids is 1. The topological polar surface area (TPSA) is 83.0 Å². The Kier molecular flexibility index (Phi) is 7.02. The summed E-state index contributed by atoms with van der Waals surface area (Å²) in [5.74, 6) is 1.64. The molecule has 0 aliphatic carbocycles. The van der Waals surface area contributed by atoms with Gasteiger partial charge in [0.25, 0.3) is 5.91 Å². The largest absolute Gasteiger partial charge is 0.357 e. The Balaban J connectivity index is 1.31. The zero-order chi connectivity index (χ0) is 25.1. The number of hydrogen-bond acceptors (Lipinski definition) is 6. The van der Waals surface area contributed by atoms with Crippen LogP contribution in [0.25, 0.3) is 11.4 Å². The van der Waals surface area contributed by atoms with E-state index in [4.69, 9.17) is 28.2 Å². The Hall–Kier alpha value is -3.68. The van der Waals surface area contributed by atoms with Gasteiger partial charge in [0.1, 0.15) is 0 Å². The van der Waals surface area contributed by atoms with Crippen LogP contribution in [0.2, 0.25) is 10.0 Å². The molecule has 0 spiro atoms. The van der Waals surface area contributed by atoms with Crippen molar-refractivity contribution in [1.29, 1.82) is 0 Å². The first-order valence-electron chi connectivity index (χ1n) is 11.6. The Labute approximate surface area is 219 Å². The van der Waals surface area contributed by atoms with Crippen LogP contribution in [-0.2, 0) is 19.5 Å². The number of fused-ring (bicyclic) bond motifs is 1. The van der Waals surface area contributed by atoms with Crippen molar-refractivity contribution in [2.45, 2.75) is 19.5 Å². The number of rotatable bonds is 6. The van der Waals surface area contributed by atoms with Gasteiger partial charge in [-0.2, -0.15) is 15.0 Å². The highest BCUT2D eigenvalue weighted by Gasteiger charge is 2.21. The summed E-state index contributed by atoms with van der Waals surface area (Å²) in [6.07, 6.45) is 0.778. The SMILES string of the molecule is CNc1nc(-c2ccccc2)nc(N2CCc3cc(C(=O)NCc4ccc(Cl)cc4Cl)ccc3C2)n1. The van der Waals surface area contributed by atoms with Crippen LogP contribution in [0.5, 0.6) is 0 Å². The Morgan fingerprint density at radius 2 is 1.81 bits per heavy atom. The van der Waals surface area contributed by atoms with Crippen molar-refractivity contribution in [3.8, 4) is 11.4 Å². The first-order valence-corrected chi connectivity index (χ1v) is 12.3. The highest BCUT2D eigenvalue weighted by molar-refractivity contribution is 6.35. The van der Waals surface area contributed by atoms with Gasteiger partial charge in [0, 0.05) is 47.9 Å². The number of halogens is 2. The highest BCUT2D eigenvalue weighted by Crippen LogP contribution is 2.26. The van der Waals surface area contributed by atoms with Crippen molar-refractivity contribution in [1.82, 2.24) is 20.3 Å². The minimum Gasteiger partial charge on any atom is -0.357 e. The molecule has 0 atom stereocenters. The third kappa shape index (κ3) is 5.27. The Bertz CT molecular complexity index is 1410. The molecule has 0 unspecified atom stereocenters. The van der Waals surface area contributed by atoms with E-state index in [1.165, 1.54) is 0 Å². The average molecular weight is 519 g/mol. The van der Waals surface area contributed by atoms with E-state index >= 15 is 0 Å². The molecule has 4 aromatic rings. The van der Waals surface area contributed by atoms with Crippen LogP contribution in [0.15, 0.2) is 66.7 Å². The first kappa shape index (κ1) is 24.0. The van der Waals surface area contributed by atoms with Crippen LogP contribution >= 0.6 is 23.2 Å². The molecule has 1 amide bonds. The highest BCUT2D eigenvalue weighted by atomic mass is 35.5. The number of amides is 1. The second-order valence-corrected chi connectivity index (χ2v) is 9.32. The van der Waals surface area contributed by atoms with E-state index in [9.17, 15) is 4.79 Å². The third-order valence-corrected chi connectivity index (χ3v) is 6.68. The minimum absolute atomic E-state index is 0.144. The lowest BCUT2D eigenvalue weighted by Gasteiger charge is -2.29. The normalized spacial score (nSPS) is 12.7. The molecule has 1 aliphatic heterocycles. The lowest BCUT2D eigenvalue weighted by Crippen LogP contribution is -2.32. The van der Waals surface area contributed by atoms with E-state index in [1.54, 1.807) is 19.2 Å². The van der Waals surface area contributed by atoms with Gasteiger partial charge in [0.2, 0.25) is 11.9 Å². The Morgan fingerprint density at radius 3 is 2.58 bits per heavy atom. The van der Waals surface area contributed by atoms with Gasteiger partial charge in [0.15, 0.2) is 5.82 Å². The smallest absolute Gasteiger partial charge is 0.251 e. The summed E-state index contributed by atoms with van der Waals surface area (Å²) in [5.41, 5.74) is 4.67. The summed E-state index contributed by atoms with van der Waals surface area (Å²) in [6.45, 7) is 1.72. The molecule has 7 nitrogen and oxygen atoms in total. The zero-order valence-electron chi connectivity index (χ0n) is 19.6. The molecule has 0 fully saturated rings. The summed E-state index contributed by atoms with van der Waals surface area (Å²) in [7, 11) is 1.80. The summed E-state index contributed by atoms with van der Waals surface area (Å²) < 4.78 is 0. The number of anilines is 2. The van der Waals surface area contributed by atoms with Crippen molar-refractivity contribution in [2.75, 3.05) is 23.8 Å². The molecule has 182 valence electrons. The van der Waals surface area contributed by atoms with Crippen molar-refractivity contribution < 1.29 is 4.79 Å². The molecule has 36 heavy (non-hydrogen) atoms. The van der Waals surface area contributed by atoms with E-state index in [0.717, 1.165) is 35.2 Å². The van der Waals surface area contributed by atoms with Crippen LogP contribution in [0, 0.1) is 0 Å². The van der Waals surface area contributed by atoms with Gasteiger partial charge in [-0.25, -0.2) is 0 Å². The second-order valence-electron chi connectivity index (χ2n) is 8.47. The van der Waals surface area contributed by atoms with Crippen LogP contribution in [0.1, 0.15) is 27.0 Å². The number of benzene rings is 3. The maximum absolute atomic E-state index is 12.8. The van der Waals surface area contributed by atoms with Crippen LogP contribution in [-0.4, -0.2) is 34.5 Å². The van der Waals surface area contributed by atoms with Crippen LogP contribution in [0.3, 0.4) is 0 Å². The average Bonchev–Trinajstić information content (AvgIpc) is 2.92. The number of carbonyl (C=O) groups is 1. The van der Waals surface area contributed by atoms with Crippen molar-refractivity contribution in [3.05, 3.63) is 99.0 Å². The lowest BCUT2D eigenvalue weighted by molar-refractivity contribution is 0.0951. The maximum atomic E-state index is 12.8. The molecule has 1 aliphatic rings. The van der Waals surface area contributed by atoms with Crippen molar-refractivity contribution in [2.24, 2.45) is 0 Å². The molecule has 0 radical (unpaired) electrons. The Morgan fingerprint density at radius 1 is 0.972 bits per heavy atom. The predicted molar refractivity (Wildman–Crippen MR) is 144 cm³/mol. The van der Waals surface area contributed by atoms with E-state index in [1.807, 2.05) is 54.6 Å². The number of nitrogens with zero attached hydrogens (tertiary/aromatic N) is 4. The van der Waals surface area contributed by atoms with Gasteiger partial charge in [-0.15, -0.1) is 0 Å². The maximum Gasteiger partial charge on any atom is 0.251 e. The summed E-state index contributed by atoms with van der Waals surface area (Å²) in [4.78, 5) is 28.8. The molecular formula is C27H24Cl2N6O. The van der Waals surface area contributed by atoms with Gasteiger partial charge in [-0.1, -0.05) is 65.7 Å². The monoisotopic (exact) mass is 518 g/mol. The fraction of sp³-hybridized carbons (Fsp3) is 0.185. The van der Waals surface area contributed by atoms with Gasteiger partial charge in [0.05, 0.1) is 0 Å². The summed E-state index contributed by atoms with van der Waals surface area (Å²) in [6, 6.07) is 20.9. The molecule has 1 aromatic heterocycles. The summed E-state index contributed by atoms with van der Waals surface area (Å²) >= 11 is 12.2. The molecule has 3 aromatic carbocycles. The van der Waals surface area contributed by atoms with Gasteiger partial charge in [-0.05, 0) is 47.4 Å². The van der Waals surface area contributed by atoms with Crippen molar-refractivity contribution in [3.63, 3.8) is 0 Å². The minimum atomic E-state index is -0.144. The first-order chi connectivity index (χ1) is 17.5. The third-order valence-electron chi connectivity index (χ3n) is 6.10. The van der Waals surface area contributed by atoms with E-state index < -0.39 is 0 Å². The van der Waals surface area contributed by atoms with E-state index in [-0.39, 0.29) is 5.91 Å². The van der Waals surface area contributed by atoms with Crippen LogP contribution in [0.4, 0.5) is 11.9 Å². The van der Waals surface area contributed by atoms with Gasteiger partial charge < -0.3 is 15.5 Å². The van der Waals surface area contributed by atoms with Crippen molar-refractivity contribution >= 4 is 41.0 Å². The number of aromatic nitrogens is 3. The molecular weight excluding hydrogens is 495 g/mol. The van der Waals surface area contributed by atoms with Gasteiger partial charge >= 0.3 is 0 Å². The molecule has 0 saturated heterocycles. The van der Waals surface area contributed by atoms with E-state index in [2.05, 4.69) is 25.5 Å². The lowest BCUT2D eigenvalue weighted by atomic mass is 9.97. The quantitative estimate of drug-likeness (QED) is 0.356. The standard InChI is InChI=1S/C27H24Cl2N6O/c1-30-26-32-24(17-5-3-2-4-6-17)33-27(34-26)35-12-11-18-13-19(7-8-21(18)16-35)25(36)31-15-20-9-10-22(28)14-23(20)29/h2-10,13-14H,11-12,15-16H2,1H3,(H,31,36)(H,30,32,33,34). The van der Waals surface area contributed by atoms with Gasteiger partial charge in [-0.3, -0.25) is 4.79 Å². The molecule has 2 N–H and O–H groups in total. The molecule has 5 rings (SSSR count). The molecule has 0 saturated carbocycles. The van der Waals surface area contributed by atoms with Crippen LogP contribution < -0.4 is 15.5 Å².